The number of hydrogen-bond acceptors (Lipinski definition) is 3. The molecule has 0 aliphatic rings. The Morgan fingerprint density at radius 1 is 1.17 bits per heavy atom. The fraction of sp³-hybridized carbons (Fsp3) is 0.125. The van der Waals surface area contributed by atoms with Gasteiger partial charge in [0.05, 0.1) is 16.3 Å². The van der Waals surface area contributed by atoms with Crippen molar-refractivity contribution in [3.8, 4) is 0 Å². The molecule has 118 valence electrons. The fourth-order valence-electron chi connectivity index (χ4n) is 2.05. The van der Waals surface area contributed by atoms with Gasteiger partial charge in [-0.05, 0) is 31.2 Å². The second kappa shape index (κ2) is 6.37. The highest BCUT2D eigenvalue weighted by Crippen LogP contribution is 2.25. The molecule has 1 atom stereocenters. The predicted molar refractivity (Wildman–Crippen MR) is 86.4 cm³/mol. The van der Waals surface area contributed by atoms with Crippen LogP contribution >= 0.6 is 11.8 Å². The molecule has 1 aromatic heterocycles. The van der Waals surface area contributed by atoms with Gasteiger partial charge < -0.3 is 10.3 Å². The number of aromatic nitrogens is 2. The smallest absolute Gasteiger partial charge is 0.237 e. The van der Waals surface area contributed by atoms with Crippen molar-refractivity contribution in [3.63, 3.8) is 0 Å². The molecule has 0 saturated carbocycles. The largest absolute Gasteiger partial charge is 0.333 e. The van der Waals surface area contributed by atoms with E-state index in [0.717, 1.165) is 23.2 Å². The monoisotopic (exact) mass is 333 g/mol. The maximum absolute atomic E-state index is 13.6. The van der Waals surface area contributed by atoms with Gasteiger partial charge in [0.15, 0.2) is 5.16 Å². The summed E-state index contributed by atoms with van der Waals surface area (Å²) in [6.07, 6.45) is 0. The molecule has 4 nitrogen and oxygen atoms in total. The van der Waals surface area contributed by atoms with Gasteiger partial charge in [-0.2, -0.15) is 0 Å². The van der Waals surface area contributed by atoms with E-state index in [4.69, 9.17) is 0 Å². The molecule has 0 radical (unpaired) electrons. The van der Waals surface area contributed by atoms with Gasteiger partial charge in [0.25, 0.3) is 0 Å². The molecule has 2 aromatic carbocycles. The lowest BCUT2D eigenvalue weighted by Gasteiger charge is -2.11. The van der Waals surface area contributed by atoms with Crippen LogP contribution in [-0.2, 0) is 4.79 Å². The van der Waals surface area contributed by atoms with Crippen molar-refractivity contribution in [2.24, 2.45) is 0 Å². The Morgan fingerprint density at radius 3 is 2.57 bits per heavy atom. The topological polar surface area (TPSA) is 57.8 Å². The number of nitrogens with one attached hydrogen (secondary N) is 2. The quantitative estimate of drug-likeness (QED) is 0.711. The van der Waals surface area contributed by atoms with Crippen molar-refractivity contribution in [3.05, 3.63) is 54.1 Å². The molecule has 0 saturated heterocycles. The van der Waals surface area contributed by atoms with Crippen molar-refractivity contribution >= 4 is 34.4 Å². The number of rotatable bonds is 4. The number of para-hydroxylation sites is 3. The maximum Gasteiger partial charge on any atom is 0.237 e. The molecule has 0 spiro atoms. The molecule has 0 aliphatic heterocycles. The number of thioether (sulfide) groups is 1. The summed E-state index contributed by atoms with van der Waals surface area (Å²) in [6.45, 7) is 1.64. The summed E-state index contributed by atoms with van der Waals surface area (Å²) >= 11 is 1.18. The van der Waals surface area contributed by atoms with Crippen LogP contribution in [0.1, 0.15) is 6.92 Å². The van der Waals surface area contributed by atoms with Crippen LogP contribution in [0.5, 0.6) is 0 Å². The number of nitrogens with zero attached hydrogens (tertiary/aromatic N) is 1. The number of fused-ring (bicyclic) bond motifs is 1. The first-order valence-electron chi connectivity index (χ1n) is 6.91. The lowest BCUT2D eigenvalue weighted by Crippen LogP contribution is -2.23. The summed E-state index contributed by atoms with van der Waals surface area (Å²) < 4.78 is 27.1. The van der Waals surface area contributed by atoms with Crippen LogP contribution in [0, 0.1) is 11.6 Å². The average Bonchev–Trinajstić information content (AvgIpc) is 2.93. The first-order chi connectivity index (χ1) is 11.0. The van der Waals surface area contributed by atoms with E-state index in [-0.39, 0.29) is 0 Å². The number of anilines is 1. The number of amides is 1. The second-order valence-corrected chi connectivity index (χ2v) is 6.23. The standard InChI is InChI=1S/C16H13F2N3OS/c1-9(15(22)21-14-10(17)5-4-6-11(14)18)23-16-19-12-7-2-3-8-13(12)20-16/h2-9H,1H3,(H,19,20)(H,21,22)/t9-/m1/s1. The Balaban J connectivity index is 1.72. The van der Waals surface area contributed by atoms with E-state index < -0.39 is 28.5 Å². The number of carbonyl (C=O) groups is 1. The van der Waals surface area contributed by atoms with E-state index in [1.54, 1.807) is 6.92 Å². The van der Waals surface area contributed by atoms with Crippen molar-refractivity contribution in [2.45, 2.75) is 17.3 Å². The van der Waals surface area contributed by atoms with E-state index in [1.807, 2.05) is 24.3 Å². The minimum Gasteiger partial charge on any atom is -0.333 e. The van der Waals surface area contributed by atoms with Crippen LogP contribution in [-0.4, -0.2) is 21.1 Å². The minimum absolute atomic E-state index is 0.436. The van der Waals surface area contributed by atoms with Gasteiger partial charge in [-0.15, -0.1) is 0 Å². The van der Waals surface area contributed by atoms with Crippen molar-refractivity contribution in [2.75, 3.05) is 5.32 Å². The minimum atomic E-state index is -0.806. The molecule has 23 heavy (non-hydrogen) atoms. The molecule has 0 unspecified atom stereocenters. The van der Waals surface area contributed by atoms with Gasteiger partial charge in [-0.3, -0.25) is 4.79 Å². The number of carbonyl (C=O) groups excluding carboxylic acids is 1. The van der Waals surface area contributed by atoms with Crippen LogP contribution < -0.4 is 5.32 Å². The average molecular weight is 333 g/mol. The third kappa shape index (κ3) is 3.34. The van der Waals surface area contributed by atoms with Gasteiger partial charge in [0.2, 0.25) is 5.91 Å². The van der Waals surface area contributed by atoms with Crippen molar-refractivity contribution < 1.29 is 13.6 Å². The molecule has 0 aliphatic carbocycles. The number of imidazole rings is 1. The third-order valence-corrected chi connectivity index (χ3v) is 4.22. The van der Waals surface area contributed by atoms with E-state index >= 15 is 0 Å². The zero-order valence-electron chi connectivity index (χ0n) is 12.1. The number of H-pyrrole nitrogens is 1. The van der Waals surface area contributed by atoms with Crippen molar-refractivity contribution in [1.29, 1.82) is 0 Å². The number of halogens is 2. The van der Waals surface area contributed by atoms with Gasteiger partial charge in [-0.25, -0.2) is 13.8 Å². The van der Waals surface area contributed by atoms with Crippen molar-refractivity contribution in [1.82, 2.24) is 9.97 Å². The Morgan fingerprint density at radius 2 is 1.87 bits per heavy atom. The normalized spacial score (nSPS) is 12.3. The van der Waals surface area contributed by atoms with Crippen LogP contribution in [0.2, 0.25) is 0 Å². The van der Waals surface area contributed by atoms with Gasteiger partial charge in [0.1, 0.15) is 17.3 Å². The summed E-state index contributed by atoms with van der Waals surface area (Å²) in [7, 11) is 0. The Kier molecular flexibility index (Phi) is 4.29. The summed E-state index contributed by atoms with van der Waals surface area (Å²) in [5.74, 6) is -2.11. The summed E-state index contributed by atoms with van der Waals surface area (Å²) in [6, 6.07) is 10.9. The molecular formula is C16H13F2N3OS. The lowest BCUT2D eigenvalue weighted by molar-refractivity contribution is -0.115. The van der Waals surface area contributed by atoms with E-state index in [9.17, 15) is 13.6 Å². The Hall–Kier alpha value is -2.41. The van der Waals surface area contributed by atoms with Crippen LogP contribution in [0.25, 0.3) is 11.0 Å². The summed E-state index contributed by atoms with van der Waals surface area (Å²) in [4.78, 5) is 19.6. The molecular weight excluding hydrogens is 320 g/mol. The van der Waals surface area contributed by atoms with E-state index in [0.29, 0.717) is 5.16 Å². The number of hydrogen-bond donors (Lipinski definition) is 2. The van der Waals surface area contributed by atoms with Crippen LogP contribution in [0.4, 0.5) is 14.5 Å². The SMILES string of the molecule is C[C@@H](Sc1nc2ccccc2[nH]1)C(=O)Nc1c(F)cccc1F. The molecule has 3 aromatic rings. The lowest BCUT2D eigenvalue weighted by atomic mass is 10.3. The molecule has 1 heterocycles. The molecule has 0 bridgehead atoms. The molecule has 3 rings (SSSR count). The Labute approximate surface area is 135 Å². The summed E-state index contributed by atoms with van der Waals surface area (Å²) in [5, 5.41) is 2.28. The van der Waals surface area contributed by atoms with Gasteiger partial charge >= 0.3 is 0 Å². The fourth-order valence-corrected chi connectivity index (χ4v) is 2.87. The van der Waals surface area contributed by atoms with Crippen LogP contribution in [0.3, 0.4) is 0 Å². The number of benzene rings is 2. The molecule has 1 amide bonds. The van der Waals surface area contributed by atoms with E-state index in [2.05, 4.69) is 15.3 Å². The molecule has 7 heteroatoms. The van der Waals surface area contributed by atoms with Gasteiger partial charge in [-0.1, -0.05) is 30.0 Å². The molecule has 2 N–H and O–H groups in total. The second-order valence-electron chi connectivity index (χ2n) is 4.91. The first-order valence-corrected chi connectivity index (χ1v) is 7.79. The molecule has 0 fully saturated rings. The maximum atomic E-state index is 13.6. The first kappa shape index (κ1) is 15.5. The van der Waals surface area contributed by atoms with Crippen LogP contribution in [0.15, 0.2) is 47.6 Å². The summed E-state index contributed by atoms with van der Waals surface area (Å²) in [5.41, 5.74) is 1.22. The highest BCUT2D eigenvalue weighted by atomic mass is 32.2. The zero-order valence-corrected chi connectivity index (χ0v) is 13.0. The number of aromatic amines is 1. The van der Waals surface area contributed by atoms with Gasteiger partial charge in [0, 0.05) is 0 Å². The highest BCUT2D eigenvalue weighted by molar-refractivity contribution is 8.00. The third-order valence-electron chi connectivity index (χ3n) is 3.24. The van der Waals surface area contributed by atoms with E-state index in [1.165, 1.54) is 17.8 Å². The highest BCUT2D eigenvalue weighted by Gasteiger charge is 2.19. The predicted octanol–water partition coefficient (Wildman–Crippen LogP) is 3.96. The zero-order chi connectivity index (χ0) is 16.4. The Bertz CT molecular complexity index is 812.